The van der Waals surface area contributed by atoms with E-state index < -0.39 is 0 Å². The minimum atomic E-state index is -0.109. The summed E-state index contributed by atoms with van der Waals surface area (Å²) in [6, 6.07) is 55.2. The molecule has 11 aromatic rings. The lowest BCUT2D eigenvalue weighted by Crippen LogP contribution is -2.28. The summed E-state index contributed by atoms with van der Waals surface area (Å²) in [5.41, 5.74) is 12.1. The van der Waals surface area contributed by atoms with Gasteiger partial charge < -0.3 is 4.42 Å². The van der Waals surface area contributed by atoms with Crippen molar-refractivity contribution >= 4 is 76.2 Å². The van der Waals surface area contributed by atoms with Gasteiger partial charge in [0.2, 0.25) is 5.95 Å². The topological polar surface area (TPSA) is 43.9 Å². The second-order valence-electron chi connectivity index (χ2n) is 15.9. The van der Waals surface area contributed by atoms with Crippen LogP contribution in [0, 0.1) is 0 Å². The normalized spacial score (nSPS) is 14.9. The van der Waals surface area contributed by atoms with Crippen LogP contribution in [0.4, 0.5) is 0 Å². The molecule has 0 radical (unpaired) electrons. The lowest BCUT2D eigenvalue weighted by atomic mass is 9.67. The molecule has 0 N–H and O–H groups in total. The molecule has 1 saturated carbocycles. The van der Waals surface area contributed by atoms with Gasteiger partial charge in [0.15, 0.2) is 5.58 Å². The van der Waals surface area contributed by atoms with Gasteiger partial charge in [-0.2, -0.15) is 0 Å². The summed E-state index contributed by atoms with van der Waals surface area (Å²) in [5, 5.41) is 10.9. The Balaban J connectivity index is 1.28. The van der Waals surface area contributed by atoms with Gasteiger partial charge in [-0.1, -0.05) is 153 Å². The summed E-state index contributed by atoms with van der Waals surface area (Å²) in [6.45, 7) is 0. The van der Waals surface area contributed by atoms with Gasteiger partial charge in [0.05, 0.1) is 11.0 Å². The summed E-state index contributed by atoms with van der Waals surface area (Å²) in [7, 11) is 0. The van der Waals surface area contributed by atoms with Crippen LogP contribution in [0.25, 0.3) is 105 Å². The second-order valence-corrected chi connectivity index (χ2v) is 15.9. The van der Waals surface area contributed by atoms with Crippen LogP contribution in [0.3, 0.4) is 0 Å². The molecule has 0 aliphatic heterocycles. The van der Waals surface area contributed by atoms with Crippen molar-refractivity contribution in [2.24, 2.45) is 0 Å². The maximum atomic E-state index is 6.70. The molecule has 56 heavy (non-hydrogen) atoms. The standard InChI is InChI=1S/C52H35N3O/c1-12-28-52(29-13-1)41-22-10-8-20-38(41)43-36-18-6-7-19-37(36)44-40-27-26-32-15-4-5-17-35(32)48(40)55(49(44)45(43)52)51-53-46(34-25-24-31-14-2-3-16-33(31)30-34)50-47(54-51)39-21-9-11-23-42(39)56-50/h2-11,14-27,30H,1,12-13,28-29H2. The van der Waals surface area contributed by atoms with E-state index in [2.05, 4.69) is 144 Å². The third-order valence-electron chi connectivity index (χ3n) is 13.1. The molecule has 8 aromatic carbocycles. The molecule has 1 spiro atoms. The fourth-order valence-corrected chi connectivity index (χ4v) is 10.8. The van der Waals surface area contributed by atoms with Crippen LogP contribution in [0.1, 0.15) is 43.2 Å². The van der Waals surface area contributed by atoms with Crippen molar-refractivity contribution in [2.75, 3.05) is 0 Å². The van der Waals surface area contributed by atoms with Crippen molar-refractivity contribution in [1.82, 2.24) is 14.5 Å². The van der Waals surface area contributed by atoms with Crippen molar-refractivity contribution in [1.29, 1.82) is 0 Å². The zero-order valence-electron chi connectivity index (χ0n) is 30.7. The molecule has 13 rings (SSSR count). The van der Waals surface area contributed by atoms with Crippen LogP contribution in [0.15, 0.2) is 156 Å². The predicted octanol–water partition coefficient (Wildman–Crippen LogP) is 13.8. The lowest BCUT2D eigenvalue weighted by molar-refractivity contribution is 0.354. The van der Waals surface area contributed by atoms with E-state index in [1.807, 2.05) is 12.1 Å². The number of hydrogen-bond donors (Lipinski definition) is 0. The highest BCUT2D eigenvalue weighted by molar-refractivity contribution is 6.30. The van der Waals surface area contributed by atoms with Crippen LogP contribution in [0.5, 0.6) is 0 Å². The SMILES string of the molecule is c1ccc2c(c1)-c1c(c3c(c4ccccc14)c1ccc4ccccc4c1n3-c1nc(-c3ccc4ccccc4c3)c3oc4ccccc4c3n1)C21CCCCC1. The molecule has 0 unspecified atom stereocenters. The Morgan fingerprint density at radius 2 is 1.23 bits per heavy atom. The highest BCUT2D eigenvalue weighted by Crippen LogP contribution is 2.61. The third-order valence-corrected chi connectivity index (χ3v) is 13.1. The summed E-state index contributed by atoms with van der Waals surface area (Å²) in [6.07, 6.45) is 5.94. The zero-order chi connectivity index (χ0) is 36.5. The highest BCUT2D eigenvalue weighted by Gasteiger charge is 2.47. The first-order valence-electron chi connectivity index (χ1n) is 20.0. The Morgan fingerprint density at radius 1 is 0.536 bits per heavy atom. The molecule has 3 aromatic heterocycles. The molecule has 264 valence electrons. The molecule has 1 fully saturated rings. The third kappa shape index (κ3) is 3.93. The molecular formula is C52H35N3O. The van der Waals surface area contributed by atoms with Crippen molar-refractivity contribution in [3.63, 3.8) is 0 Å². The van der Waals surface area contributed by atoms with Crippen molar-refractivity contribution < 1.29 is 4.42 Å². The molecule has 4 nitrogen and oxygen atoms in total. The van der Waals surface area contributed by atoms with Crippen LogP contribution >= 0.6 is 0 Å². The molecule has 0 amide bonds. The minimum absolute atomic E-state index is 0.109. The summed E-state index contributed by atoms with van der Waals surface area (Å²) >= 11 is 0. The van der Waals surface area contributed by atoms with E-state index in [4.69, 9.17) is 14.4 Å². The van der Waals surface area contributed by atoms with E-state index in [0.29, 0.717) is 11.5 Å². The van der Waals surface area contributed by atoms with Crippen LogP contribution < -0.4 is 0 Å². The van der Waals surface area contributed by atoms with E-state index in [9.17, 15) is 0 Å². The Hall–Kier alpha value is -6.78. The lowest BCUT2D eigenvalue weighted by Gasteiger charge is -2.36. The van der Waals surface area contributed by atoms with E-state index in [0.717, 1.165) is 46.1 Å². The van der Waals surface area contributed by atoms with Crippen molar-refractivity contribution in [2.45, 2.75) is 37.5 Å². The average Bonchev–Trinajstić information content (AvgIpc) is 3.90. The van der Waals surface area contributed by atoms with Gasteiger partial charge in [0.25, 0.3) is 0 Å². The first-order chi connectivity index (χ1) is 27.8. The molecule has 0 saturated heterocycles. The highest BCUT2D eigenvalue weighted by atomic mass is 16.3. The van der Waals surface area contributed by atoms with Gasteiger partial charge in [0, 0.05) is 32.5 Å². The summed E-state index contributed by atoms with van der Waals surface area (Å²) in [4.78, 5) is 11.3. The van der Waals surface area contributed by atoms with E-state index >= 15 is 0 Å². The zero-order valence-corrected chi connectivity index (χ0v) is 30.7. The van der Waals surface area contributed by atoms with Gasteiger partial charge >= 0.3 is 0 Å². The monoisotopic (exact) mass is 717 g/mol. The Kier molecular flexibility index (Phi) is 6.08. The molecule has 4 heteroatoms. The maximum Gasteiger partial charge on any atom is 0.236 e. The Morgan fingerprint density at radius 3 is 2.11 bits per heavy atom. The minimum Gasteiger partial charge on any atom is -0.452 e. The molecule has 2 aliphatic rings. The number of rotatable bonds is 2. The van der Waals surface area contributed by atoms with E-state index in [-0.39, 0.29) is 5.41 Å². The number of benzene rings is 8. The van der Waals surface area contributed by atoms with Gasteiger partial charge in [-0.05, 0) is 80.2 Å². The number of para-hydroxylation sites is 1. The fourth-order valence-electron chi connectivity index (χ4n) is 10.8. The van der Waals surface area contributed by atoms with E-state index in [1.54, 1.807) is 0 Å². The maximum absolute atomic E-state index is 6.70. The van der Waals surface area contributed by atoms with Crippen LogP contribution in [0.2, 0.25) is 0 Å². The summed E-state index contributed by atoms with van der Waals surface area (Å²) in [5.74, 6) is 0.669. The molecular weight excluding hydrogens is 683 g/mol. The number of furan rings is 1. The van der Waals surface area contributed by atoms with Gasteiger partial charge in [0.1, 0.15) is 16.8 Å². The molecule has 0 atom stereocenters. The van der Waals surface area contributed by atoms with E-state index in [1.165, 1.54) is 90.1 Å². The molecule has 0 bridgehead atoms. The number of hydrogen-bond acceptors (Lipinski definition) is 3. The first-order valence-corrected chi connectivity index (χ1v) is 20.0. The van der Waals surface area contributed by atoms with Crippen LogP contribution in [-0.4, -0.2) is 14.5 Å². The quantitative estimate of drug-likeness (QED) is 0.179. The molecule has 3 heterocycles. The number of fused-ring (bicyclic) bond motifs is 18. The predicted molar refractivity (Wildman–Crippen MR) is 231 cm³/mol. The Bertz CT molecular complexity index is 3470. The average molecular weight is 718 g/mol. The van der Waals surface area contributed by atoms with Crippen molar-refractivity contribution in [3.8, 4) is 28.3 Å². The second kappa shape index (κ2) is 11.1. The summed E-state index contributed by atoms with van der Waals surface area (Å²) < 4.78 is 9.16. The smallest absolute Gasteiger partial charge is 0.236 e. The number of nitrogens with zero attached hydrogens (tertiary/aromatic N) is 3. The van der Waals surface area contributed by atoms with Crippen LogP contribution in [-0.2, 0) is 5.41 Å². The number of aromatic nitrogens is 3. The Labute approximate surface area is 322 Å². The first kappa shape index (κ1) is 30.5. The largest absolute Gasteiger partial charge is 0.452 e. The molecule has 2 aliphatic carbocycles. The van der Waals surface area contributed by atoms with Crippen molar-refractivity contribution in [3.05, 3.63) is 163 Å². The van der Waals surface area contributed by atoms with Gasteiger partial charge in [-0.25, -0.2) is 9.97 Å². The fraction of sp³-hybridized carbons (Fsp3) is 0.115. The van der Waals surface area contributed by atoms with Gasteiger partial charge in [-0.3, -0.25) is 4.57 Å². The van der Waals surface area contributed by atoms with Gasteiger partial charge in [-0.15, -0.1) is 0 Å².